The standard InChI is InChI=1S/C25H35FN4O4S/c1-7-23(25(32)27-18(2)3)29(16-20-10-8-9-19(4)15-20)24(31)17-30(35(33,34)28(5)6)22-13-11-21(26)12-14-22/h8-15,18,23H,7,16-17H2,1-6H3,(H,27,32)/t23-/m1/s1. The molecular formula is C25H35FN4O4S. The van der Waals surface area contributed by atoms with Crippen molar-refractivity contribution in [2.75, 3.05) is 24.9 Å². The zero-order valence-electron chi connectivity index (χ0n) is 21.2. The van der Waals surface area contributed by atoms with E-state index in [4.69, 9.17) is 0 Å². The number of halogens is 1. The van der Waals surface area contributed by atoms with Crippen LogP contribution in [0.25, 0.3) is 0 Å². The molecule has 8 nitrogen and oxygen atoms in total. The Bertz CT molecular complexity index is 1120. The summed E-state index contributed by atoms with van der Waals surface area (Å²) in [6.07, 6.45) is 0.340. The molecule has 0 aliphatic rings. The number of hydrogen-bond acceptors (Lipinski definition) is 4. The summed E-state index contributed by atoms with van der Waals surface area (Å²) in [5, 5.41) is 2.85. The summed E-state index contributed by atoms with van der Waals surface area (Å²) in [4.78, 5) is 28.1. The summed E-state index contributed by atoms with van der Waals surface area (Å²) < 4.78 is 41.6. The predicted octanol–water partition coefficient (Wildman–Crippen LogP) is 3.08. The van der Waals surface area contributed by atoms with E-state index >= 15 is 0 Å². The lowest BCUT2D eigenvalue weighted by Crippen LogP contribution is -2.54. The molecule has 0 aromatic heterocycles. The Morgan fingerprint density at radius 1 is 1.06 bits per heavy atom. The first kappa shape index (κ1) is 28.3. The minimum Gasteiger partial charge on any atom is -0.352 e. The number of anilines is 1. The zero-order valence-corrected chi connectivity index (χ0v) is 22.0. The SMILES string of the molecule is CC[C@H](C(=O)NC(C)C)N(Cc1cccc(C)c1)C(=O)CN(c1ccc(F)cc1)S(=O)(=O)N(C)C. The molecule has 2 rings (SSSR count). The van der Waals surface area contributed by atoms with Crippen LogP contribution in [0.5, 0.6) is 0 Å². The topological polar surface area (TPSA) is 90.0 Å². The molecule has 0 spiro atoms. The Morgan fingerprint density at radius 2 is 1.69 bits per heavy atom. The van der Waals surface area contributed by atoms with E-state index in [2.05, 4.69) is 5.32 Å². The highest BCUT2D eigenvalue weighted by Crippen LogP contribution is 2.22. The summed E-state index contributed by atoms with van der Waals surface area (Å²) in [5.74, 6) is -1.39. The largest absolute Gasteiger partial charge is 0.352 e. The van der Waals surface area contributed by atoms with Gasteiger partial charge in [0.25, 0.3) is 0 Å². The van der Waals surface area contributed by atoms with Crippen LogP contribution < -0.4 is 9.62 Å². The van der Waals surface area contributed by atoms with Gasteiger partial charge in [0, 0.05) is 26.7 Å². The first-order valence-corrected chi connectivity index (χ1v) is 12.9. The summed E-state index contributed by atoms with van der Waals surface area (Å²) in [7, 11) is -1.38. The van der Waals surface area contributed by atoms with Gasteiger partial charge in [0.2, 0.25) is 11.8 Å². The predicted molar refractivity (Wildman–Crippen MR) is 135 cm³/mol. The fourth-order valence-electron chi connectivity index (χ4n) is 3.63. The maximum absolute atomic E-state index is 13.7. The fraction of sp³-hybridized carbons (Fsp3) is 0.440. The van der Waals surface area contributed by atoms with Gasteiger partial charge in [0.15, 0.2) is 0 Å². The Balaban J connectivity index is 2.50. The Kier molecular flexibility index (Phi) is 9.79. The van der Waals surface area contributed by atoms with E-state index in [0.29, 0.717) is 6.42 Å². The molecule has 0 unspecified atom stereocenters. The number of carbonyl (C=O) groups excluding carboxylic acids is 2. The lowest BCUT2D eigenvalue weighted by molar-refractivity contribution is -0.140. The lowest BCUT2D eigenvalue weighted by atomic mass is 10.1. The van der Waals surface area contributed by atoms with Crippen LogP contribution in [0.4, 0.5) is 10.1 Å². The van der Waals surface area contributed by atoms with Crippen LogP contribution in [0, 0.1) is 12.7 Å². The van der Waals surface area contributed by atoms with Crippen LogP contribution in [-0.2, 0) is 26.3 Å². The Labute approximate surface area is 207 Å². The van der Waals surface area contributed by atoms with E-state index < -0.39 is 34.5 Å². The first-order valence-electron chi connectivity index (χ1n) is 11.5. The van der Waals surface area contributed by atoms with E-state index in [1.165, 1.54) is 31.1 Å². The Hall–Kier alpha value is -2.98. The molecule has 0 saturated carbocycles. The van der Waals surface area contributed by atoms with Gasteiger partial charge in [-0.3, -0.25) is 9.59 Å². The van der Waals surface area contributed by atoms with Crippen molar-refractivity contribution in [1.29, 1.82) is 0 Å². The average Bonchev–Trinajstić information content (AvgIpc) is 2.77. The first-order chi connectivity index (χ1) is 16.4. The molecule has 1 atom stereocenters. The van der Waals surface area contributed by atoms with Crippen molar-refractivity contribution in [1.82, 2.24) is 14.5 Å². The van der Waals surface area contributed by atoms with Crippen molar-refractivity contribution in [2.24, 2.45) is 0 Å². The van der Waals surface area contributed by atoms with Crippen molar-refractivity contribution < 1.29 is 22.4 Å². The van der Waals surface area contributed by atoms with Crippen LogP contribution in [0.2, 0.25) is 0 Å². The molecule has 0 aliphatic heterocycles. The third-order valence-corrected chi connectivity index (χ3v) is 7.21. The number of carbonyl (C=O) groups is 2. The van der Waals surface area contributed by atoms with Crippen molar-refractivity contribution >= 4 is 27.7 Å². The van der Waals surface area contributed by atoms with Crippen LogP contribution in [0.1, 0.15) is 38.3 Å². The zero-order chi connectivity index (χ0) is 26.3. The van der Waals surface area contributed by atoms with Crippen molar-refractivity contribution in [3.05, 3.63) is 65.5 Å². The van der Waals surface area contributed by atoms with Crippen LogP contribution in [0.3, 0.4) is 0 Å². The maximum atomic E-state index is 13.7. The van der Waals surface area contributed by atoms with Gasteiger partial charge in [-0.2, -0.15) is 12.7 Å². The second-order valence-corrected chi connectivity index (χ2v) is 10.9. The molecule has 0 radical (unpaired) electrons. The molecular weight excluding hydrogens is 471 g/mol. The quantitative estimate of drug-likeness (QED) is 0.507. The summed E-state index contributed by atoms with van der Waals surface area (Å²) in [6.45, 7) is 6.97. The lowest BCUT2D eigenvalue weighted by Gasteiger charge is -2.34. The Morgan fingerprint density at radius 3 is 2.20 bits per heavy atom. The van der Waals surface area contributed by atoms with Crippen LogP contribution >= 0.6 is 0 Å². The number of benzene rings is 2. The van der Waals surface area contributed by atoms with Crippen molar-refractivity contribution in [2.45, 2.75) is 52.7 Å². The molecule has 0 aliphatic carbocycles. The number of nitrogens with zero attached hydrogens (tertiary/aromatic N) is 3. The van der Waals surface area contributed by atoms with Crippen molar-refractivity contribution in [3.8, 4) is 0 Å². The monoisotopic (exact) mass is 506 g/mol. The fourth-order valence-corrected chi connectivity index (χ4v) is 4.69. The van der Waals surface area contributed by atoms with Gasteiger partial charge in [-0.15, -0.1) is 0 Å². The second-order valence-electron chi connectivity index (χ2n) is 8.87. The number of nitrogens with one attached hydrogen (secondary N) is 1. The number of amides is 2. The molecule has 0 fully saturated rings. The molecule has 2 aromatic carbocycles. The molecule has 1 N–H and O–H groups in total. The minimum atomic E-state index is -4.09. The summed E-state index contributed by atoms with van der Waals surface area (Å²) in [5.41, 5.74) is 1.96. The van der Waals surface area contributed by atoms with E-state index in [-0.39, 0.29) is 24.2 Å². The molecule has 192 valence electrons. The van der Waals surface area contributed by atoms with Crippen molar-refractivity contribution in [3.63, 3.8) is 0 Å². The minimum absolute atomic E-state index is 0.127. The second kappa shape index (κ2) is 12.1. The molecule has 10 heteroatoms. The van der Waals surface area contributed by atoms with E-state index in [0.717, 1.165) is 31.9 Å². The number of rotatable bonds is 11. The molecule has 35 heavy (non-hydrogen) atoms. The highest BCUT2D eigenvalue weighted by atomic mass is 32.2. The molecule has 2 aromatic rings. The van der Waals surface area contributed by atoms with Gasteiger partial charge in [0.1, 0.15) is 18.4 Å². The smallest absolute Gasteiger partial charge is 0.304 e. The van der Waals surface area contributed by atoms with E-state index in [9.17, 15) is 22.4 Å². The van der Waals surface area contributed by atoms with Gasteiger partial charge in [-0.05, 0) is 57.0 Å². The highest BCUT2D eigenvalue weighted by Gasteiger charge is 2.33. The van der Waals surface area contributed by atoms with Gasteiger partial charge in [0.05, 0.1) is 5.69 Å². The van der Waals surface area contributed by atoms with Crippen LogP contribution in [-0.4, -0.2) is 62.2 Å². The van der Waals surface area contributed by atoms with Gasteiger partial charge < -0.3 is 10.2 Å². The summed E-state index contributed by atoms with van der Waals surface area (Å²) in [6, 6.07) is 11.5. The van der Waals surface area contributed by atoms with E-state index in [1.54, 1.807) is 6.92 Å². The van der Waals surface area contributed by atoms with E-state index in [1.807, 2.05) is 45.0 Å². The van der Waals surface area contributed by atoms with Gasteiger partial charge in [-0.1, -0.05) is 36.8 Å². The van der Waals surface area contributed by atoms with Gasteiger partial charge in [-0.25, -0.2) is 8.70 Å². The maximum Gasteiger partial charge on any atom is 0.304 e. The number of hydrogen-bond donors (Lipinski definition) is 1. The van der Waals surface area contributed by atoms with Crippen LogP contribution in [0.15, 0.2) is 48.5 Å². The van der Waals surface area contributed by atoms with Gasteiger partial charge >= 0.3 is 10.2 Å². The normalized spacial score (nSPS) is 12.5. The molecule has 0 saturated heterocycles. The third kappa shape index (κ3) is 7.50. The average molecular weight is 507 g/mol. The molecule has 0 bridgehead atoms. The highest BCUT2D eigenvalue weighted by molar-refractivity contribution is 7.90. The summed E-state index contributed by atoms with van der Waals surface area (Å²) >= 11 is 0. The molecule has 0 heterocycles. The number of aryl methyl sites for hydroxylation is 1. The molecule has 2 amide bonds. The third-order valence-electron chi connectivity index (χ3n) is 5.39.